The minimum atomic E-state index is -0.661. The van der Waals surface area contributed by atoms with Crippen LogP contribution in [0.25, 0.3) is 0 Å². The summed E-state index contributed by atoms with van der Waals surface area (Å²) in [6, 6.07) is 0. The molecule has 0 aromatic carbocycles. The lowest BCUT2D eigenvalue weighted by Crippen LogP contribution is -2.29. The van der Waals surface area contributed by atoms with Crippen LogP contribution in [0.3, 0.4) is 0 Å². The highest BCUT2D eigenvalue weighted by molar-refractivity contribution is 5.66. The maximum absolute atomic E-state index is 10.4. The quantitative estimate of drug-likeness (QED) is 0.723. The molecule has 2 unspecified atom stereocenters. The van der Waals surface area contributed by atoms with Gasteiger partial charge in [0.25, 0.3) is 0 Å². The summed E-state index contributed by atoms with van der Waals surface area (Å²) in [5.74, 6) is 1.27. The lowest BCUT2D eigenvalue weighted by Gasteiger charge is -2.29. The molecule has 0 radical (unpaired) electrons. The zero-order valence-electron chi connectivity index (χ0n) is 7.74. The molecule has 3 nitrogen and oxygen atoms in total. The number of carbonyl (C=O) groups is 1. The summed E-state index contributed by atoms with van der Waals surface area (Å²) in [5, 5.41) is 8.61. The van der Waals surface area contributed by atoms with Gasteiger partial charge < -0.3 is 9.84 Å². The second kappa shape index (κ2) is 3.66. The van der Waals surface area contributed by atoms with Crippen molar-refractivity contribution in [1.29, 1.82) is 0 Å². The number of hydrogen-bond acceptors (Lipinski definition) is 2. The largest absolute Gasteiger partial charge is 0.481 e. The minimum absolute atomic E-state index is 0.331. The summed E-state index contributed by atoms with van der Waals surface area (Å²) in [4.78, 5) is 10.4. The highest BCUT2D eigenvalue weighted by Crippen LogP contribution is 2.43. The molecule has 2 rings (SSSR count). The predicted octanol–water partition coefficient (Wildman–Crippen LogP) is 1.52. The zero-order valence-corrected chi connectivity index (χ0v) is 7.74. The zero-order chi connectivity index (χ0) is 9.26. The number of carboxylic acid groups (broad SMARTS) is 1. The third kappa shape index (κ3) is 1.85. The Hall–Kier alpha value is -0.570. The molecule has 1 aliphatic carbocycles. The molecule has 1 saturated carbocycles. The number of rotatable bonds is 3. The first kappa shape index (κ1) is 9.00. The van der Waals surface area contributed by atoms with Crippen LogP contribution >= 0.6 is 0 Å². The van der Waals surface area contributed by atoms with E-state index in [4.69, 9.17) is 9.84 Å². The van der Waals surface area contributed by atoms with Gasteiger partial charge in [0.2, 0.25) is 0 Å². The smallest absolute Gasteiger partial charge is 0.303 e. The second-order valence-electron chi connectivity index (χ2n) is 4.23. The number of aliphatic carboxylic acids is 1. The molecule has 0 spiro atoms. The van der Waals surface area contributed by atoms with E-state index in [9.17, 15) is 4.79 Å². The van der Waals surface area contributed by atoms with Gasteiger partial charge in [-0.15, -0.1) is 0 Å². The first-order chi connectivity index (χ1) is 6.27. The summed E-state index contributed by atoms with van der Waals surface area (Å²) in [7, 11) is 0. The van der Waals surface area contributed by atoms with Gasteiger partial charge in [0.1, 0.15) is 0 Å². The average molecular weight is 184 g/mol. The van der Waals surface area contributed by atoms with Crippen molar-refractivity contribution < 1.29 is 14.6 Å². The van der Waals surface area contributed by atoms with Gasteiger partial charge in [0, 0.05) is 19.6 Å². The molecule has 13 heavy (non-hydrogen) atoms. The fourth-order valence-electron chi connectivity index (χ4n) is 2.79. The van der Waals surface area contributed by atoms with Crippen molar-refractivity contribution in [3.05, 3.63) is 0 Å². The monoisotopic (exact) mass is 184 g/mol. The van der Waals surface area contributed by atoms with Crippen LogP contribution in [-0.4, -0.2) is 24.3 Å². The number of carboxylic acids is 1. The van der Waals surface area contributed by atoms with E-state index in [0.29, 0.717) is 24.2 Å². The Kier molecular flexibility index (Phi) is 2.54. The number of fused-ring (bicyclic) bond motifs is 2. The predicted molar refractivity (Wildman–Crippen MR) is 47.4 cm³/mol. The van der Waals surface area contributed by atoms with Crippen LogP contribution in [0.5, 0.6) is 0 Å². The Morgan fingerprint density at radius 3 is 2.46 bits per heavy atom. The first-order valence-electron chi connectivity index (χ1n) is 5.07. The van der Waals surface area contributed by atoms with Gasteiger partial charge in [0.05, 0.1) is 0 Å². The molecule has 3 heteroatoms. The van der Waals surface area contributed by atoms with Crippen LogP contribution in [0.1, 0.15) is 25.7 Å². The van der Waals surface area contributed by atoms with Crippen LogP contribution in [0.15, 0.2) is 0 Å². The van der Waals surface area contributed by atoms with E-state index in [1.165, 1.54) is 12.8 Å². The van der Waals surface area contributed by atoms with Crippen molar-refractivity contribution in [2.45, 2.75) is 25.7 Å². The summed E-state index contributed by atoms with van der Waals surface area (Å²) >= 11 is 0. The van der Waals surface area contributed by atoms with E-state index in [-0.39, 0.29) is 0 Å². The van der Waals surface area contributed by atoms with Gasteiger partial charge in [-0.1, -0.05) is 0 Å². The maximum Gasteiger partial charge on any atom is 0.303 e. The third-order valence-electron chi connectivity index (χ3n) is 3.47. The van der Waals surface area contributed by atoms with Crippen LogP contribution in [0, 0.1) is 17.8 Å². The highest BCUT2D eigenvalue weighted by Gasteiger charge is 2.39. The highest BCUT2D eigenvalue weighted by atomic mass is 16.5. The SMILES string of the molecule is O=C(O)CCC1C2CCC1COC2. The summed E-state index contributed by atoms with van der Waals surface area (Å²) in [6.07, 6.45) is 3.68. The molecule has 0 aromatic rings. The second-order valence-corrected chi connectivity index (χ2v) is 4.23. The van der Waals surface area contributed by atoms with E-state index in [0.717, 1.165) is 19.6 Å². The molecule has 0 amide bonds. The van der Waals surface area contributed by atoms with Gasteiger partial charge >= 0.3 is 5.97 Å². The minimum Gasteiger partial charge on any atom is -0.481 e. The normalized spacial score (nSPS) is 37.7. The van der Waals surface area contributed by atoms with E-state index in [1.807, 2.05) is 0 Å². The van der Waals surface area contributed by atoms with Crippen molar-refractivity contribution in [3.8, 4) is 0 Å². The summed E-state index contributed by atoms with van der Waals surface area (Å²) in [5.41, 5.74) is 0. The van der Waals surface area contributed by atoms with Crippen LogP contribution < -0.4 is 0 Å². The van der Waals surface area contributed by atoms with Crippen molar-refractivity contribution in [2.24, 2.45) is 17.8 Å². The molecule has 2 fully saturated rings. The number of hydrogen-bond donors (Lipinski definition) is 1. The summed E-state index contributed by atoms with van der Waals surface area (Å²) in [6.45, 7) is 1.72. The molecule has 2 atom stereocenters. The Morgan fingerprint density at radius 2 is 1.92 bits per heavy atom. The lowest BCUT2D eigenvalue weighted by molar-refractivity contribution is -0.137. The van der Waals surface area contributed by atoms with Crippen molar-refractivity contribution in [3.63, 3.8) is 0 Å². The van der Waals surface area contributed by atoms with Crippen LogP contribution in [-0.2, 0) is 9.53 Å². The molecular weight excluding hydrogens is 168 g/mol. The van der Waals surface area contributed by atoms with Crippen LogP contribution in [0.4, 0.5) is 0 Å². The summed E-state index contributed by atoms with van der Waals surface area (Å²) < 4.78 is 5.45. The molecule has 2 bridgehead atoms. The Balaban J connectivity index is 1.88. The van der Waals surface area contributed by atoms with Gasteiger partial charge in [-0.3, -0.25) is 4.79 Å². The van der Waals surface area contributed by atoms with Crippen molar-refractivity contribution >= 4 is 5.97 Å². The fourth-order valence-corrected chi connectivity index (χ4v) is 2.79. The third-order valence-corrected chi connectivity index (χ3v) is 3.47. The molecule has 1 heterocycles. The molecule has 1 saturated heterocycles. The molecule has 0 aromatic heterocycles. The first-order valence-corrected chi connectivity index (χ1v) is 5.07. The standard InChI is InChI=1S/C10H16O3/c11-10(12)4-3-9-7-1-2-8(9)6-13-5-7/h7-9H,1-6H2,(H,11,12). The fraction of sp³-hybridized carbons (Fsp3) is 0.900. The molecule has 1 N–H and O–H groups in total. The van der Waals surface area contributed by atoms with Crippen molar-refractivity contribution in [2.75, 3.05) is 13.2 Å². The Morgan fingerprint density at radius 1 is 1.31 bits per heavy atom. The number of ether oxygens (including phenoxy) is 1. The average Bonchev–Trinajstić information content (AvgIpc) is 2.34. The topological polar surface area (TPSA) is 46.5 Å². The van der Waals surface area contributed by atoms with Crippen molar-refractivity contribution in [1.82, 2.24) is 0 Å². The Bertz CT molecular complexity index is 186. The van der Waals surface area contributed by atoms with Gasteiger partial charge in [-0.05, 0) is 37.0 Å². The molecule has 74 valence electrons. The molecule has 1 aliphatic heterocycles. The van der Waals surface area contributed by atoms with Gasteiger partial charge in [-0.25, -0.2) is 0 Å². The van der Waals surface area contributed by atoms with Gasteiger partial charge in [-0.2, -0.15) is 0 Å². The van der Waals surface area contributed by atoms with E-state index in [1.54, 1.807) is 0 Å². The van der Waals surface area contributed by atoms with E-state index in [2.05, 4.69) is 0 Å². The van der Waals surface area contributed by atoms with Crippen LogP contribution in [0.2, 0.25) is 0 Å². The van der Waals surface area contributed by atoms with E-state index >= 15 is 0 Å². The molecular formula is C10H16O3. The maximum atomic E-state index is 10.4. The van der Waals surface area contributed by atoms with E-state index < -0.39 is 5.97 Å². The molecule has 2 aliphatic rings. The Labute approximate surface area is 78.1 Å². The lowest BCUT2D eigenvalue weighted by atomic mass is 9.84. The van der Waals surface area contributed by atoms with Gasteiger partial charge in [0.15, 0.2) is 0 Å².